The van der Waals surface area contributed by atoms with E-state index < -0.39 is 9.84 Å². The lowest BCUT2D eigenvalue weighted by Crippen LogP contribution is -2.39. The molecular formula is C22H37N3O3S. The minimum absolute atomic E-state index is 0.0890. The lowest BCUT2D eigenvalue weighted by atomic mass is 9.72. The average Bonchev–Trinajstić information content (AvgIpc) is 2.71. The van der Waals surface area contributed by atoms with Gasteiger partial charge in [0, 0.05) is 26.2 Å². The molecule has 1 aromatic carbocycles. The van der Waals surface area contributed by atoms with Gasteiger partial charge in [-0.25, -0.2) is 8.42 Å². The standard InChI is InChI=1S/C22H37N3O3S/c1-2-23-21(25-19-22(14-16-26)12-7-4-8-13-22)24-15-9-17-29(27,28)18-20-10-5-3-6-11-20/h3,5-6,10-11,26H,2,4,7-9,12-19H2,1H3,(H2,23,24,25). The van der Waals surface area contributed by atoms with E-state index in [2.05, 4.69) is 10.6 Å². The van der Waals surface area contributed by atoms with Gasteiger partial charge in [-0.2, -0.15) is 0 Å². The summed E-state index contributed by atoms with van der Waals surface area (Å²) in [5.74, 6) is 0.977. The van der Waals surface area contributed by atoms with E-state index >= 15 is 0 Å². The molecule has 29 heavy (non-hydrogen) atoms. The molecule has 6 nitrogen and oxygen atoms in total. The van der Waals surface area contributed by atoms with Crippen LogP contribution in [0.4, 0.5) is 0 Å². The molecule has 7 heteroatoms. The summed E-state index contributed by atoms with van der Waals surface area (Å²) in [6.45, 7) is 4.25. The molecule has 1 saturated carbocycles. The third kappa shape index (κ3) is 8.74. The Morgan fingerprint density at radius 1 is 1.14 bits per heavy atom. The first-order valence-corrected chi connectivity index (χ1v) is 12.7. The van der Waals surface area contributed by atoms with Crippen molar-refractivity contribution in [2.45, 2.75) is 57.6 Å². The third-order valence-corrected chi connectivity index (χ3v) is 7.31. The Morgan fingerprint density at radius 2 is 1.86 bits per heavy atom. The number of aliphatic hydroxyl groups excluding tert-OH is 1. The molecule has 0 aliphatic heterocycles. The van der Waals surface area contributed by atoms with Crippen LogP contribution in [0.15, 0.2) is 35.3 Å². The van der Waals surface area contributed by atoms with E-state index in [1.807, 2.05) is 37.3 Å². The van der Waals surface area contributed by atoms with E-state index in [4.69, 9.17) is 4.99 Å². The highest BCUT2D eigenvalue weighted by molar-refractivity contribution is 7.90. The van der Waals surface area contributed by atoms with Crippen molar-refractivity contribution in [2.24, 2.45) is 10.4 Å². The van der Waals surface area contributed by atoms with Crippen LogP contribution in [-0.2, 0) is 15.6 Å². The minimum Gasteiger partial charge on any atom is -0.396 e. The first-order chi connectivity index (χ1) is 14.0. The number of hydrogen-bond acceptors (Lipinski definition) is 4. The summed E-state index contributed by atoms with van der Waals surface area (Å²) in [6, 6.07) is 9.31. The maximum atomic E-state index is 12.3. The molecule has 164 valence electrons. The van der Waals surface area contributed by atoms with Crippen LogP contribution >= 0.6 is 0 Å². The summed E-state index contributed by atoms with van der Waals surface area (Å²) >= 11 is 0. The zero-order valence-corrected chi connectivity index (χ0v) is 18.5. The molecule has 0 unspecified atom stereocenters. The first kappa shape index (κ1) is 23.7. The third-order valence-electron chi connectivity index (χ3n) is 5.63. The van der Waals surface area contributed by atoms with Gasteiger partial charge >= 0.3 is 0 Å². The lowest BCUT2D eigenvalue weighted by molar-refractivity contribution is 0.137. The number of rotatable bonds is 11. The highest BCUT2D eigenvalue weighted by Crippen LogP contribution is 2.39. The Kier molecular flexibility index (Phi) is 9.94. The molecule has 1 aliphatic carbocycles. The fourth-order valence-electron chi connectivity index (χ4n) is 4.01. The summed E-state index contributed by atoms with van der Waals surface area (Å²) in [4.78, 5) is 4.76. The van der Waals surface area contributed by atoms with Crippen LogP contribution in [0, 0.1) is 5.41 Å². The fraction of sp³-hybridized carbons (Fsp3) is 0.682. The molecule has 0 saturated heterocycles. The predicted octanol–water partition coefficient (Wildman–Crippen LogP) is 2.88. The molecular weight excluding hydrogens is 386 g/mol. The van der Waals surface area contributed by atoms with Crippen LogP contribution in [0.5, 0.6) is 0 Å². The topological polar surface area (TPSA) is 90.8 Å². The molecule has 0 heterocycles. The second-order valence-electron chi connectivity index (χ2n) is 8.09. The molecule has 0 bridgehead atoms. The number of guanidine groups is 1. The number of nitrogens with one attached hydrogen (secondary N) is 2. The average molecular weight is 424 g/mol. The fourth-order valence-corrected chi connectivity index (χ4v) is 5.44. The zero-order chi connectivity index (χ0) is 21.0. The van der Waals surface area contributed by atoms with Crippen molar-refractivity contribution in [1.82, 2.24) is 10.6 Å². The second kappa shape index (κ2) is 12.2. The van der Waals surface area contributed by atoms with Crippen molar-refractivity contribution < 1.29 is 13.5 Å². The number of aliphatic imine (C=N–C) groups is 1. The maximum absolute atomic E-state index is 12.3. The van der Waals surface area contributed by atoms with E-state index in [-0.39, 0.29) is 23.5 Å². The van der Waals surface area contributed by atoms with Crippen molar-refractivity contribution in [3.05, 3.63) is 35.9 Å². The molecule has 0 aromatic heterocycles. The Bertz CT molecular complexity index is 709. The van der Waals surface area contributed by atoms with Gasteiger partial charge in [-0.1, -0.05) is 49.6 Å². The number of benzene rings is 1. The van der Waals surface area contributed by atoms with E-state index in [0.717, 1.165) is 37.3 Å². The summed E-state index contributed by atoms with van der Waals surface area (Å²) in [7, 11) is -3.12. The van der Waals surface area contributed by atoms with Crippen molar-refractivity contribution in [3.8, 4) is 0 Å². The zero-order valence-electron chi connectivity index (χ0n) is 17.7. The van der Waals surface area contributed by atoms with Gasteiger partial charge in [0.2, 0.25) is 0 Å². The smallest absolute Gasteiger partial charge is 0.191 e. The van der Waals surface area contributed by atoms with Gasteiger partial charge in [-0.15, -0.1) is 0 Å². The summed E-state index contributed by atoms with van der Waals surface area (Å²) < 4.78 is 24.6. The van der Waals surface area contributed by atoms with Gasteiger partial charge in [-0.3, -0.25) is 4.99 Å². The Balaban J connectivity index is 1.82. The molecule has 0 radical (unpaired) electrons. The van der Waals surface area contributed by atoms with E-state index in [1.54, 1.807) is 0 Å². The van der Waals surface area contributed by atoms with Gasteiger partial charge in [0.15, 0.2) is 15.8 Å². The molecule has 2 rings (SSSR count). The van der Waals surface area contributed by atoms with E-state index in [0.29, 0.717) is 19.5 Å². The number of nitrogens with zero attached hydrogens (tertiary/aromatic N) is 1. The molecule has 1 aliphatic rings. The minimum atomic E-state index is -3.12. The molecule has 3 N–H and O–H groups in total. The lowest BCUT2D eigenvalue weighted by Gasteiger charge is -2.35. The SMILES string of the molecule is CCNC(=NCC1(CCO)CCCCC1)NCCCS(=O)(=O)Cc1ccccc1. The summed E-state index contributed by atoms with van der Waals surface area (Å²) in [6.07, 6.45) is 7.27. The van der Waals surface area contributed by atoms with Gasteiger partial charge in [-0.05, 0) is 43.6 Å². The Labute approximate surface area is 176 Å². The van der Waals surface area contributed by atoms with E-state index in [9.17, 15) is 13.5 Å². The summed E-state index contributed by atoms with van der Waals surface area (Å²) in [5, 5.41) is 16.0. The molecule has 0 amide bonds. The van der Waals surface area contributed by atoms with Crippen LogP contribution < -0.4 is 10.6 Å². The molecule has 1 aromatic rings. The van der Waals surface area contributed by atoms with E-state index in [1.165, 1.54) is 19.3 Å². The van der Waals surface area contributed by atoms with Crippen LogP contribution in [0.1, 0.15) is 57.4 Å². The van der Waals surface area contributed by atoms with Crippen molar-refractivity contribution >= 4 is 15.8 Å². The molecule has 1 fully saturated rings. The predicted molar refractivity (Wildman–Crippen MR) is 120 cm³/mol. The van der Waals surface area contributed by atoms with Crippen LogP contribution in [0.25, 0.3) is 0 Å². The highest BCUT2D eigenvalue weighted by atomic mass is 32.2. The summed E-state index contributed by atoms with van der Waals surface area (Å²) in [5.41, 5.74) is 0.936. The largest absolute Gasteiger partial charge is 0.396 e. The van der Waals surface area contributed by atoms with Crippen molar-refractivity contribution in [3.63, 3.8) is 0 Å². The van der Waals surface area contributed by atoms with Gasteiger partial charge in [0.25, 0.3) is 0 Å². The van der Waals surface area contributed by atoms with Crippen LogP contribution in [0.3, 0.4) is 0 Å². The Hall–Kier alpha value is -1.60. The first-order valence-electron chi connectivity index (χ1n) is 10.9. The van der Waals surface area contributed by atoms with Gasteiger partial charge in [0.05, 0.1) is 11.5 Å². The maximum Gasteiger partial charge on any atom is 0.191 e. The molecule has 0 spiro atoms. The molecule has 0 atom stereocenters. The monoisotopic (exact) mass is 423 g/mol. The van der Waals surface area contributed by atoms with Crippen LogP contribution in [-0.4, -0.2) is 51.5 Å². The van der Waals surface area contributed by atoms with Gasteiger partial charge < -0.3 is 15.7 Å². The van der Waals surface area contributed by atoms with Crippen molar-refractivity contribution in [2.75, 3.05) is 32.0 Å². The quantitative estimate of drug-likeness (QED) is 0.289. The highest BCUT2D eigenvalue weighted by Gasteiger charge is 2.31. The second-order valence-corrected chi connectivity index (χ2v) is 10.3. The van der Waals surface area contributed by atoms with Gasteiger partial charge in [0.1, 0.15) is 0 Å². The van der Waals surface area contributed by atoms with Crippen LogP contribution in [0.2, 0.25) is 0 Å². The Morgan fingerprint density at radius 3 is 2.52 bits per heavy atom. The van der Waals surface area contributed by atoms with Crippen molar-refractivity contribution in [1.29, 1.82) is 0 Å². The number of hydrogen-bond donors (Lipinski definition) is 3. The normalized spacial score (nSPS) is 17.1. The number of aliphatic hydroxyl groups is 1. The number of sulfone groups is 1.